The lowest BCUT2D eigenvalue weighted by molar-refractivity contribution is 0.268. The summed E-state index contributed by atoms with van der Waals surface area (Å²) in [5, 5.41) is 5.11. The van der Waals surface area contributed by atoms with E-state index in [1.807, 2.05) is 37.7 Å². The van der Waals surface area contributed by atoms with E-state index >= 15 is 0 Å². The summed E-state index contributed by atoms with van der Waals surface area (Å²) >= 11 is 1.61. The summed E-state index contributed by atoms with van der Waals surface area (Å²) in [7, 11) is 0. The minimum absolute atomic E-state index is 0.191. The first-order chi connectivity index (χ1) is 14.2. The highest BCUT2D eigenvalue weighted by Gasteiger charge is 2.17. The minimum Gasteiger partial charge on any atom is -0.282 e. The zero-order valence-electron chi connectivity index (χ0n) is 16.8. The van der Waals surface area contributed by atoms with Gasteiger partial charge in [-0.15, -0.1) is 11.3 Å². The Balaban J connectivity index is 1.55. The van der Waals surface area contributed by atoms with E-state index in [4.69, 9.17) is 9.98 Å². The monoisotopic (exact) mass is 412 g/mol. The van der Waals surface area contributed by atoms with Crippen molar-refractivity contribution in [1.82, 2.24) is 24.6 Å². The molecule has 8 heteroatoms. The number of hydrogen-bond acceptors (Lipinski definition) is 6. The zero-order valence-corrected chi connectivity index (χ0v) is 17.6. The van der Waals surface area contributed by atoms with Crippen LogP contribution in [0.25, 0.3) is 27.0 Å². The number of halogens is 1. The van der Waals surface area contributed by atoms with Gasteiger partial charge in [-0.2, -0.15) is 5.10 Å². The van der Waals surface area contributed by atoms with E-state index in [-0.39, 0.29) is 12.7 Å². The van der Waals surface area contributed by atoms with Gasteiger partial charge in [-0.1, -0.05) is 6.08 Å². The fourth-order valence-corrected chi connectivity index (χ4v) is 4.43. The van der Waals surface area contributed by atoms with Crippen LogP contribution in [0, 0.1) is 0 Å². The summed E-state index contributed by atoms with van der Waals surface area (Å²) in [6.07, 6.45) is 12.1. The minimum atomic E-state index is -0.437. The largest absolute Gasteiger partial charge is 0.282 e. The average Bonchev–Trinajstić information content (AvgIpc) is 3.48. The van der Waals surface area contributed by atoms with E-state index in [0.29, 0.717) is 0 Å². The van der Waals surface area contributed by atoms with Gasteiger partial charge in [0.05, 0.1) is 34.8 Å². The third-order valence-electron chi connectivity index (χ3n) is 5.17. The van der Waals surface area contributed by atoms with E-state index < -0.39 is 6.67 Å². The van der Waals surface area contributed by atoms with Crippen molar-refractivity contribution in [2.75, 3.05) is 19.8 Å². The first-order valence-electron chi connectivity index (χ1n) is 9.97. The third-order valence-corrected chi connectivity index (χ3v) is 6.23. The SMILES string of the molecule is C/C=C(\C=NC(C)N1CCCC1)c1nc2cc(-c3cnn(CCF)c3)ncc2s1. The van der Waals surface area contributed by atoms with E-state index in [1.54, 1.807) is 22.2 Å². The van der Waals surface area contributed by atoms with Gasteiger partial charge in [0, 0.05) is 42.8 Å². The molecule has 0 radical (unpaired) electrons. The van der Waals surface area contributed by atoms with Gasteiger partial charge in [0.15, 0.2) is 0 Å². The molecule has 4 heterocycles. The number of rotatable bonds is 7. The molecule has 1 aliphatic rings. The van der Waals surface area contributed by atoms with Crippen molar-refractivity contribution in [2.45, 2.75) is 39.4 Å². The number of aliphatic imine (C=N–C) groups is 1. The molecule has 6 nitrogen and oxygen atoms in total. The maximum atomic E-state index is 12.5. The van der Waals surface area contributed by atoms with E-state index in [9.17, 15) is 4.39 Å². The molecule has 3 aromatic rings. The molecule has 1 fully saturated rings. The number of allylic oxidation sites excluding steroid dienone is 2. The number of aryl methyl sites for hydroxylation is 1. The van der Waals surface area contributed by atoms with Gasteiger partial charge >= 0.3 is 0 Å². The zero-order chi connectivity index (χ0) is 20.2. The van der Waals surface area contributed by atoms with Crippen LogP contribution in [-0.2, 0) is 6.54 Å². The Labute approximate surface area is 173 Å². The lowest BCUT2D eigenvalue weighted by atomic mass is 10.2. The van der Waals surface area contributed by atoms with Crippen LogP contribution in [0.3, 0.4) is 0 Å². The molecule has 152 valence electrons. The van der Waals surface area contributed by atoms with E-state index in [2.05, 4.69) is 21.9 Å². The fraction of sp³-hybridized carbons (Fsp3) is 0.429. The van der Waals surface area contributed by atoms with Crippen LogP contribution in [-0.4, -0.2) is 56.8 Å². The maximum Gasteiger partial charge on any atom is 0.125 e. The number of alkyl halides is 1. The Morgan fingerprint density at radius 2 is 2.17 bits per heavy atom. The highest BCUT2D eigenvalue weighted by Crippen LogP contribution is 2.29. The van der Waals surface area contributed by atoms with Gasteiger partial charge in [-0.05, 0) is 32.8 Å². The molecular weight excluding hydrogens is 387 g/mol. The summed E-state index contributed by atoms with van der Waals surface area (Å²) in [6, 6.07) is 1.96. The Kier molecular flexibility index (Phi) is 6.10. The normalized spacial score (nSPS) is 17.0. The number of nitrogens with zero attached hydrogens (tertiary/aromatic N) is 6. The van der Waals surface area contributed by atoms with E-state index in [0.717, 1.165) is 45.1 Å². The smallest absolute Gasteiger partial charge is 0.125 e. The second kappa shape index (κ2) is 8.92. The van der Waals surface area contributed by atoms with Crippen molar-refractivity contribution < 1.29 is 4.39 Å². The molecule has 1 aliphatic heterocycles. The summed E-state index contributed by atoms with van der Waals surface area (Å²) in [4.78, 5) is 16.5. The molecular formula is C21H25FN6S. The molecule has 0 aliphatic carbocycles. The standard InChI is InChI=1S/C21H25FN6S/c1-3-16(11-23-15(2)27-7-4-5-8-27)21-26-19-10-18(24-13-20(19)29-21)17-12-25-28(14-17)9-6-22/h3,10-15H,4-9H2,1-2H3/b16-3+,23-11?. The van der Waals surface area contributed by atoms with Gasteiger partial charge < -0.3 is 0 Å². The summed E-state index contributed by atoms with van der Waals surface area (Å²) in [6.45, 7) is 6.22. The summed E-state index contributed by atoms with van der Waals surface area (Å²) in [5.74, 6) is 0. The number of hydrogen-bond donors (Lipinski definition) is 0. The second-order valence-electron chi connectivity index (χ2n) is 7.13. The molecule has 1 atom stereocenters. The van der Waals surface area contributed by atoms with Crippen LogP contribution in [0.4, 0.5) is 4.39 Å². The van der Waals surface area contributed by atoms with Crippen molar-refractivity contribution in [2.24, 2.45) is 4.99 Å². The Morgan fingerprint density at radius 3 is 2.93 bits per heavy atom. The number of pyridine rings is 1. The van der Waals surface area contributed by atoms with Gasteiger partial charge in [0.2, 0.25) is 0 Å². The highest BCUT2D eigenvalue weighted by molar-refractivity contribution is 7.19. The van der Waals surface area contributed by atoms with Crippen LogP contribution in [0.15, 0.2) is 35.7 Å². The second-order valence-corrected chi connectivity index (χ2v) is 8.17. The predicted molar refractivity (Wildman–Crippen MR) is 117 cm³/mol. The van der Waals surface area contributed by atoms with Crippen LogP contribution < -0.4 is 0 Å². The molecule has 0 N–H and O–H groups in total. The molecule has 0 bridgehead atoms. The molecule has 3 aromatic heterocycles. The molecule has 1 saturated heterocycles. The number of fused-ring (bicyclic) bond motifs is 1. The van der Waals surface area contributed by atoms with Crippen molar-refractivity contribution in [3.8, 4) is 11.3 Å². The fourth-order valence-electron chi connectivity index (χ4n) is 3.47. The molecule has 4 rings (SSSR count). The van der Waals surface area contributed by atoms with Crippen LogP contribution >= 0.6 is 11.3 Å². The third kappa shape index (κ3) is 4.43. The lowest BCUT2D eigenvalue weighted by Gasteiger charge is -2.19. The molecule has 1 unspecified atom stereocenters. The van der Waals surface area contributed by atoms with E-state index in [1.165, 1.54) is 12.8 Å². The van der Waals surface area contributed by atoms with Crippen LogP contribution in [0.5, 0.6) is 0 Å². The topological polar surface area (TPSA) is 59.2 Å². The molecule has 0 saturated carbocycles. The number of likely N-dealkylation sites (tertiary alicyclic amines) is 1. The van der Waals surface area contributed by atoms with Gasteiger partial charge in [-0.3, -0.25) is 19.6 Å². The number of thiazole rings is 1. The molecule has 0 amide bonds. The van der Waals surface area contributed by atoms with Crippen LogP contribution in [0.1, 0.15) is 31.7 Å². The van der Waals surface area contributed by atoms with Crippen molar-refractivity contribution in [1.29, 1.82) is 0 Å². The Hall–Kier alpha value is -2.45. The van der Waals surface area contributed by atoms with Gasteiger partial charge in [0.25, 0.3) is 0 Å². The first-order valence-corrected chi connectivity index (χ1v) is 10.8. The molecule has 0 spiro atoms. The van der Waals surface area contributed by atoms with Gasteiger partial charge in [0.1, 0.15) is 11.7 Å². The number of aromatic nitrogens is 4. The predicted octanol–water partition coefficient (Wildman–Crippen LogP) is 4.44. The lowest BCUT2D eigenvalue weighted by Crippen LogP contribution is -2.28. The molecule has 0 aromatic carbocycles. The maximum absolute atomic E-state index is 12.5. The van der Waals surface area contributed by atoms with Crippen molar-refractivity contribution in [3.63, 3.8) is 0 Å². The first kappa shape index (κ1) is 19.8. The average molecular weight is 413 g/mol. The van der Waals surface area contributed by atoms with Gasteiger partial charge in [-0.25, -0.2) is 9.37 Å². The van der Waals surface area contributed by atoms with Crippen molar-refractivity contribution in [3.05, 3.63) is 35.7 Å². The summed E-state index contributed by atoms with van der Waals surface area (Å²) < 4.78 is 15.1. The summed E-state index contributed by atoms with van der Waals surface area (Å²) in [5.41, 5.74) is 3.57. The highest BCUT2D eigenvalue weighted by atomic mass is 32.1. The quantitative estimate of drug-likeness (QED) is 0.538. The Bertz CT molecular complexity index is 1030. The van der Waals surface area contributed by atoms with Crippen molar-refractivity contribution >= 4 is 33.3 Å². The molecule has 29 heavy (non-hydrogen) atoms. The Morgan fingerprint density at radius 1 is 1.34 bits per heavy atom. The van der Waals surface area contributed by atoms with Crippen LogP contribution in [0.2, 0.25) is 0 Å².